The fourth-order valence-corrected chi connectivity index (χ4v) is 7.85. The van der Waals surface area contributed by atoms with Crippen LogP contribution in [-0.2, 0) is 0 Å². The summed E-state index contributed by atoms with van der Waals surface area (Å²) in [7, 11) is 0. The highest BCUT2D eigenvalue weighted by atomic mass is 16.3. The maximum atomic E-state index is 6.48. The van der Waals surface area contributed by atoms with E-state index < -0.39 is 0 Å². The third kappa shape index (κ3) is 4.49. The number of aliphatic imine (C=N–C) groups is 2. The summed E-state index contributed by atoms with van der Waals surface area (Å²) in [6, 6.07) is 57.0. The second kappa shape index (κ2) is 11.3. The van der Waals surface area contributed by atoms with Gasteiger partial charge >= 0.3 is 0 Å². The van der Waals surface area contributed by atoms with Gasteiger partial charge in [0.05, 0.1) is 0 Å². The molecule has 0 fully saturated rings. The Bertz CT molecular complexity index is 3110. The lowest BCUT2D eigenvalue weighted by Crippen LogP contribution is -2.33. The Morgan fingerprint density at radius 2 is 1.08 bits per heavy atom. The average Bonchev–Trinajstić information content (AvgIpc) is 3.78. The van der Waals surface area contributed by atoms with Crippen LogP contribution in [0, 0.1) is 0 Å². The number of benzene rings is 8. The number of fused-ring (bicyclic) bond motifs is 9. The van der Waals surface area contributed by atoms with Crippen LogP contribution in [0.5, 0.6) is 0 Å². The minimum absolute atomic E-state index is 0.373. The van der Waals surface area contributed by atoms with Crippen LogP contribution in [0.4, 0.5) is 0 Å². The largest absolute Gasteiger partial charge is 0.456 e. The SMILES string of the molecule is c1ccc(C2N=C(c3c(-c4ccc5ccc6ccccc6c5c4)ccc4oc5ccccc5c34)N=C(c3ccc4oc5ccccc5c4c3)N2)cc1. The van der Waals surface area contributed by atoms with Gasteiger partial charge in [0.25, 0.3) is 0 Å². The number of furan rings is 2. The van der Waals surface area contributed by atoms with E-state index in [1.165, 1.54) is 21.5 Å². The first-order chi connectivity index (χ1) is 25.7. The van der Waals surface area contributed by atoms with Crippen molar-refractivity contribution in [2.45, 2.75) is 6.17 Å². The van der Waals surface area contributed by atoms with Gasteiger partial charge in [-0.1, -0.05) is 115 Å². The first-order valence-corrected chi connectivity index (χ1v) is 17.5. The highest BCUT2D eigenvalue weighted by Crippen LogP contribution is 2.40. The van der Waals surface area contributed by atoms with E-state index in [1.807, 2.05) is 42.5 Å². The molecule has 3 heterocycles. The molecule has 52 heavy (non-hydrogen) atoms. The topological polar surface area (TPSA) is 63.0 Å². The Kier molecular flexibility index (Phi) is 6.25. The van der Waals surface area contributed by atoms with Gasteiger partial charge in [-0.2, -0.15) is 0 Å². The molecule has 1 aliphatic rings. The van der Waals surface area contributed by atoms with Crippen molar-refractivity contribution in [1.29, 1.82) is 0 Å². The van der Waals surface area contributed by atoms with Crippen LogP contribution in [0.2, 0.25) is 0 Å². The standard InChI is InChI=1S/C47H29N3O2/c1-2-11-30(12-3-1)45-48-46(32-22-24-41-38(27-32)35-14-6-8-16-39(35)51-41)50-47(49-45)44-34(23-25-42-43(44)36-15-7-9-17-40(36)52-42)31-21-20-29-19-18-28-10-4-5-13-33(28)37(29)26-31/h1-27,45H,(H,48,49,50). The van der Waals surface area contributed by atoms with Crippen molar-refractivity contribution < 1.29 is 8.83 Å². The van der Waals surface area contributed by atoms with Gasteiger partial charge in [-0.3, -0.25) is 0 Å². The quantitative estimate of drug-likeness (QED) is 0.190. The third-order valence-electron chi connectivity index (χ3n) is 10.3. The molecule has 1 N–H and O–H groups in total. The number of amidine groups is 2. The summed E-state index contributed by atoms with van der Waals surface area (Å²) in [4.78, 5) is 10.8. The fraction of sp³-hybridized carbons (Fsp3) is 0.0213. The molecule has 244 valence electrons. The molecule has 0 radical (unpaired) electrons. The van der Waals surface area contributed by atoms with E-state index in [4.69, 9.17) is 18.8 Å². The average molecular weight is 668 g/mol. The zero-order valence-corrected chi connectivity index (χ0v) is 27.9. The highest BCUT2D eigenvalue weighted by molar-refractivity contribution is 6.25. The third-order valence-corrected chi connectivity index (χ3v) is 10.3. The summed E-state index contributed by atoms with van der Waals surface area (Å²) in [5, 5.41) is 12.7. The zero-order chi connectivity index (χ0) is 34.2. The van der Waals surface area contributed by atoms with Crippen LogP contribution in [0.25, 0.3) is 76.5 Å². The maximum Gasteiger partial charge on any atom is 0.160 e. The molecule has 5 heteroatoms. The lowest BCUT2D eigenvalue weighted by Gasteiger charge is -2.25. The monoisotopic (exact) mass is 667 g/mol. The molecule has 11 rings (SSSR count). The molecule has 0 saturated heterocycles. The molecular formula is C47H29N3O2. The summed E-state index contributed by atoms with van der Waals surface area (Å²) >= 11 is 0. The lowest BCUT2D eigenvalue weighted by molar-refractivity contribution is 0.667. The molecular weight excluding hydrogens is 639 g/mol. The molecule has 0 spiro atoms. The van der Waals surface area contributed by atoms with E-state index in [0.717, 1.165) is 77.5 Å². The molecule has 0 aliphatic carbocycles. The summed E-state index contributed by atoms with van der Waals surface area (Å²) in [5.74, 6) is 1.39. The van der Waals surface area contributed by atoms with Crippen molar-refractivity contribution in [3.63, 3.8) is 0 Å². The lowest BCUT2D eigenvalue weighted by atomic mass is 9.91. The Labute approximate surface area is 298 Å². The summed E-state index contributed by atoms with van der Waals surface area (Å²) in [6.45, 7) is 0. The molecule has 10 aromatic rings. The molecule has 0 amide bonds. The second-order valence-corrected chi connectivity index (χ2v) is 13.4. The van der Waals surface area contributed by atoms with Gasteiger partial charge in [0.2, 0.25) is 0 Å². The van der Waals surface area contributed by atoms with Gasteiger partial charge in [-0.25, -0.2) is 9.98 Å². The Morgan fingerprint density at radius 3 is 1.94 bits per heavy atom. The molecule has 0 bridgehead atoms. The van der Waals surface area contributed by atoms with Crippen LogP contribution in [-0.4, -0.2) is 11.7 Å². The van der Waals surface area contributed by atoms with Crippen molar-refractivity contribution in [2.24, 2.45) is 9.98 Å². The first kappa shape index (κ1) is 28.8. The van der Waals surface area contributed by atoms with Crippen molar-refractivity contribution in [3.8, 4) is 11.1 Å². The molecule has 1 unspecified atom stereocenters. The zero-order valence-electron chi connectivity index (χ0n) is 27.9. The van der Waals surface area contributed by atoms with Gasteiger partial charge in [0.1, 0.15) is 34.3 Å². The minimum atomic E-state index is -0.373. The summed E-state index contributed by atoms with van der Waals surface area (Å²) < 4.78 is 12.7. The summed E-state index contributed by atoms with van der Waals surface area (Å²) in [6.07, 6.45) is -0.373. The number of nitrogens with zero attached hydrogens (tertiary/aromatic N) is 2. The molecule has 2 aromatic heterocycles. The minimum Gasteiger partial charge on any atom is -0.456 e. The van der Waals surface area contributed by atoms with Crippen molar-refractivity contribution >= 4 is 77.1 Å². The van der Waals surface area contributed by atoms with E-state index in [-0.39, 0.29) is 6.17 Å². The summed E-state index contributed by atoms with van der Waals surface area (Å²) in [5.41, 5.74) is 8.41. The van der Waals surface area contributed by atoms with E-state index in [9.17, 15) is 0 Å². The van der Waals surface area contributed by atoms with Gasteiger partial charge in [0, 0.05) is 32.7 Å². The molecule has 1 aliphatic heterocycles. The maximum absolute atomic E-state index is 6.48. The molecule has 0 saturated carbocycles. The van der Waals surface area contributed by atoms with Gasteiger partial charge in [-0.15, -0.1) is 0 Å². The van der Waals surface area contributed by atoms with Crippen LogP contribution < -0.4 is 5.32 Å². The second-order valence-electron chi connectivity index (χ2n) is 13.4. The normalized spacial score (nSPS) is 14.7. The Hall–Kier alpha value is -6.98. The van der Waals surface area contributed by atoms with Crippen LogP contribution in [0.3, 0.4) is 0 Å². The van der Waals surface area contributed by atoms with E-state index in [0.29, 0.717) is 5.84 Å². The van der Waals surface area contributed by atoms with Gasteiger partial charge < -0.3 is 14.2 Å². The fourth-order valence-electron chi connectivity index (χ4n) is 7.85. The van der Waals surface area contributed by atoms with Crippen molar-refractivity contribution in [2.75, 3.05) is 0 Å². The van der Waals surface area contributed by atoms with Gasteiger partial charge in [0.15, 0.2) is 5.84 Å². The van der Waals surface area contributed by atoms with Crippen LogP contribution in [0.15, 0.2) is 183 Å². The predicted octanol–water partition coefficient (Wildman–Crippen LogP) is 12.0. The molecule has 5 nitrogen and oxygen atoms in total. The number of hydrogen-bond donors (Lipinski definition) is 1. The number of para-hydroxylation sites is 2. The first-order valence-electron chi connectivity index (χ1n) is 17.5. The van der Waals surface area contributed by atoms with Crippen LogP contribution >= 0.6 is 0 Å². The van der Waals surface area contributed by atoms with Crippen molar-refractivity contribution in [3.05, 3.63) is 180 Å². The Balaban J connectivity index is 1.19. The number of rotatable bonds is 4. The van der Waals surface area contributed by atoms with E-state index in [2.05, 4.69) is 127 Å². The van der Waals surface area contributed by atoms with Crippen LogP contribution in [0.1, 0.15) is 22.9 Å². The molecule has 1 atom stereocenters. The Morgan fingerprint density at radius 1 is 0.462 bits per heavy atom. The predicted molar refractivity (Wildman–Crippen MR) is 213 cm³/mol. The number of nitrogens with one attached hydrogen (secondary N) is 1. The number of hydrogen-bond acceptors (Lipinski definition) is 5. The van der Waals surface area contributed by atoms with E-state index >= 15 is 0 Å². The van der Waals surface area contributed by atoms with E-state index in [1.54, 1.807) is 0 Å². The highest BCUT2D eigenvalue weighted by Gasteiger charge is 2.26. The molecule has 8 aromatic carbocycles. The smallest absolute Gasteiger partial charge is 0.160 e. The van der Waals surface area contributed by atoms with Crippen molar-refractivity contribution in [1.82, 2.24) is 5.32 Å². The van der Waals surface area contributed by atoms with Gasteiger partial charge in [-0.05, 0) is 86.8 Å².